The summed E-state index contributed by atoms with van der Waals surface area (Å²) in [4.78, 5) is 15.7. The van der Waals surface area contributed by atoms with Gasteiger partial charge in [-0.25, -0.2) is 9.78 Å². The van der Waals surface area contributed by atoms with Crippen LogP contribution < -0.4 is 5.32 Å². The lowest BCUT2D eigenvalue weighted by Gasteiger charge is -1.99. The van der Waals surface area contributed by atoms with Gasteiger partial charge in [0, 0.05) is 6.54 Å². The standard InChI is InChI=1S/C10H13ClN2O2S/c1-15-9(14)7-8(11)13-10(16-7)12-5-4-6-2-3-6/h6H,2-5H2,1H3,(H,12,13). The van der Waals surface area contributed by atoms with Crippen molar-refractivity contribution in [1.29, 1.82) is 0 Å². The minimum absolute atomic E-state index is 0.214. The molecule has 0 atom stereocenters. The average molecular weight is 261 g/mol. The topological polar surface area (TPSA) is 51.2 Å². The Bertz CT molecular complexity index is 390. The maximum atomic E-state index is 11.3. The van der Waals surface area contributed by atoms with Crippen molar-refractivity contribution < 1.29 is 9.53 Å². The SMILES string of the molecule is COC(=O)c1sc(NCCC2CC2)nc1Cl. The van der Waals surface area contributed by atoms with E-state index in [4.69, 9.17) is 11.6 Å². The lowest BCUT2D eigenvalue weighted by molar-refractivity contribution is 0.0606. The summed E-state index contributed by atoms with van der Waals surface area (Å²) in [6, 6.07) is 0. The molecule has 4 nitrogen and oxygen atoms in total. The lowest BCUT2D eigenvalue weighted by Crippen LogP contribution is -2.01. The maximum absolute atomic E-state index is 11.3. The van der Waals surface area contributed by atoms with Crippen molar-refractivity contribution in [2.75, 3.05) is 19.0 Å². The zero-order chi connectivity index (χ0) is 11.5. The summed E-state index contributed by atoms with van der Waals surface area (Å²) in [6.45, 7) is 0.884. The monoisotopic (exact) mass is 260 g/mol. The third-order valence-corrected chi connectivity index (χ3v) is 3.86. The fourth-order valence-electron chi connectivity index (χ4n) is 1.39. The molecule has 1 aromatic rings. The van der Waals surface area contributed by atoms with Gasteiger partial charge >= 0.3 is 5.97 Å². The Morgan fingerprint density at radius 2 is 2.44 bits per heavy atom. The van der Waals surface area contributed by atoms with Gasteiger partial charge < -0.3 is 10.1 Å². The first kappa shape index (κ1) is 11.7. The van der Waals surface area contributed by atoms with E-state index in [1.54, 1.807) is 0 Å². The number of hydrogen-bond acceptors (Lipinski definition) is 5. The van der Waals surface area contributed by atoms with Crippen LogP contribution in [0.5, 0.6) is 0 Å². The van der Waals surface area contributed by atoms with E-state index in [9.17, 15) is 4.79 Å². The van der Waals surface area contributed by atoms with Crippen LogP contribution in [-0.2, 0) is 4.74 Å². The maximum Gasteiger partial charge on any atom is 0.351 e. The van der Waals surface area contributed by atoms with Crippen LogP contribution in [0.3, 0.4) is 0 Å². The van der Waals surface area contributed by atoms with E-state index in [-0.39, 0.29) is 5.15 Å². The number of anilines is 1. The first-order valence-electron chi connectivity index (χ1n) is 5.19. The highest BCUT2D eigenvalue weighted by Gasteiger charge is 2.21. The van der Waals surface area contributed by atoms with Gasteiger partial charge in [-0.3, -0.25) is 0 Å². The molecule has 2 rings (SSSR count). The number of aromatic nitrogens is 1. The van der Waals surface area contributed by atoms with Crippen LogP contribution in [0.4, 0.5) is 5.13 Å². The van der Waals surface area contributed by atoms with Crippen LogP contribution in [0.1, 0.15) is 28.9 Å². The van der Waals surface area contributed by atoms with Gasteiger partial charge in [-0.05, 0) is 12.3 Å². The molecule has 0 unspecified atom stereocenters. The van der Waals surface area contributed by atoms with Crippen LogP contribution >= 0.6 is 22.9 Å². The Kier molecular flexibility index (Phi) is 3.66. The van der Waals surface area contributed by atoms with E-state index in [2.05, 4.69) is 15.0 Å². The van der Waals surface area contributed by atoms with E-state index in [1.807, 2.05) is 0 Å². The predicted molar refractivity (Wildman–Crippen MR) is 64.3 cm³/mol. The summed E-state index contributed by atoms with van der Waals surface area (Å²) >= 11 is 7.07. The second-order valence-electron chi connectivity index (χ2n) is 3.79. The summed E-state index contributed by atoms with van der Waals surface area (Å²) < 4.78 is 4.60. The molecule has 0 radical (unpaired) electrons. The number of ether oxygens (including phenoxy) is 1. The van der Waals surface area contributed by atoms with Gasteiger partial charge in [0.15, 0.2) is 15.2 Å². The largest absolute Gasteiger partial charge is 0.465 e. The molecule has 0 saturated heterocycles. The number of esters is 1. The molecule has 0 aromatic carbocycles. The van der Waals surface area contributed by atoms with Crippen molar-refractivity contribution in [2.45, 2.75) is 19.3 Å². The van der Waals surface area contributed by atoms with Gasteiger partial charge in [-0.1, -0.05) is 35.8 Å². The number of carbonyl (C=O) groups excluding carboxylic acids is 1. The van der Waals surface area contributed by atoms with E-state index >= 15 is 0 Å². The van der Waals surface area contributed by atoms with Gasteiger partial charge in [0.25, 0.3) is 0 Å². The molecular formula is C10H13ClN2O2S. The van der Waals surface area contributed by atoms with E-state index in [1.165, 1.54) is 31.3 Å². The van der Waals surface area contributed by atoms with Crippen molar-refractivity contribution in [3.63, 3.8) is 0 Å². The van der Waals surface area contributed by atoms with Crippen molar-refractivity contribution >= 4 is 34.0 Å². The molecule has 6 heteroatoms. The normalized spacial score (nSPS) is 14.9. The number of nitrogens with zero attached hydrogens (tertiary/aromatic N) is 1. The van der Waals surface area contributed by atoms with Gasteiger partial charge in [0.1, 0.15) is 0 Å². The molecule has 0 aliphatic heterocycles. The van der Waals surface area contributed by atoms with Gasteiger partial charge in [0.2, 0.25) is 0 Å². The van der Waals surface area contributed by atoms with Gasteiger partial charge in [-0.15, -0.1) is 0 Å². The molecule has 1 aromatic heterocycles. The zero-order valence-electron chi connectivity index (χ0n) is 8.96. The van der Waals surface area contributed by atoms with Crippen molar-refractivity contribution in [2.24, 2.45) is 5.92 Å². The average Bonchev–Trinajstić information content (AvgIpc) is 3.01. The third kappa shape index (κ3) is 2.86. The molecule has 0 spiro atoms. The number of rotatable bonds is 5. The van der Waals surface area contributed by atoms with Crippen LogP contribution in [-0.4, -0.2) is 24.6 Å². The van der Waals surface area contributed by atoms with Gasteiger partial charge in [-0.2, -0.15) is 0 Å². The Morgan fingerprint density at radius 1 is 1.69 bits per heavy atom. The summed E-state index contributed by atoms with van der Waals surface area (Å²) in [7, 11) is 1.33. The first-order valence-corrected chi connectivity index (χ1v) is 6.38. The van der Waals surface area contributed by atoms with Crippen molar-refractivity contribution in [1.82, 2.24) is 4.98 Å². The molecule has 1 heterocycles. The van der Waals surface area contributed by atoms with E-state index in [0.717, 1.165) is 18.9 Å². The second kappa shape index (κ2) is 5.01. The van der Waals surface area contributed by atoms with Crippen LogP contribution in [0.15, 0.2) is 0 Å². The number of thiazole rings is 1. The van der Waals surface area contributed by atoms with Crippen molar-refractivity contribution in [3.8, 4) is 0 Å². The highest BCUT2D eigenvalue weighted by molar-refractivity contribution is 7.18. The molecule has 88 valence electrons. The van der Waals surface area contributed by atoms with Gasteiger partial charge in [0.05, 0.1) is 7.11 Å². The highest BCUT2D eigenvalue weighted by atomic mass is 35.5. The van der Waals surface area contributed by atoms with E-state index in [0.29, 0.717) is 10.0 Å². The molecule has 1 aliphatic carbocycles. The molecule has 16 heavy (non-hydrogen) atoms. The molecule has 1 aliphatic rings. The fraction of sp³-hybridized carbons (Fsp3) is 0.600. The van der Waals surface area contributed by atoms with Crippen LogP contribution in [0, 0.1) is 5.92 Å². The number of halogens is 1. The number of hydrogen-bond donors (Lipinski definition) is 1. The van der Waals surface area contributed by atoms with Crippen LogP contribution in [0.2, 0.25) is 5.15 Å². The minimum atomic E-state index is -0.433. The third-order valence-electron chi connectivity index (χ3n) is 2.48. The summed E-state index contributed by atoms with van der Waals surface area (Å²) in [5.41, 5.74) is 0. The quantitative estimate of drug-likeness (QED) is 0.827. The Hall–Kier alpha value is -0.810. The smallest absolute Gasteiger partial charge is 0.351 e. The minimum Gasteiger partial charge on any atom is -0.465 e. The van der Waals surface area contributed by atoms with Crippen LogP contribution in [0.25, 0.3) is 0 Å². The van der Waals surface area contributed by atoms with E-state index < -0.39 is 5.97 Å². The number of carbonyl (C=O) groups is 1. The molecule has 1 N–H and O–H groups in total. The fourth-order valence-corrected chi connectivity index (χ4v) is 2.51. The molecule has 0 amide bonds. The molecule has 1 fully saturated rings. The Labute approximate surface area is 103 Å². The second-order valence-corrected chi connectivity index (χ2v) is 5.15. The Morgan fingerprint density at radius 3 is 3.06 bits per heavy atom. The zero-order valence-corrected chi connectivity index (χ0v) is 10.5. The summed E-state index contributed by atoms with van der Waals surface area (Å²) in [5, 5.41) is 4.07. The lowest BCUT2D eigenvalue weighted by atomic mass is 10.3. The summed E-state index contributed by atoms with van der Waals surface area (Å²) in [6.07, 6.45) is 3.84. The first-order chi connectivity index (χ1) is 7.70. The highest BCUT2D eigenvalue weighted by Crippen LogP contribution is 2.33. The number of methoxy groups -OCH3 is 1. The number of nitrogens with one attached hydrogen (secondary N) is 1. The Balaban J connectivity index is 1.91. The molecule has 1 saturated carbocycles. The predicted octanol–water partition coefficient (Wildman–Crippen LogP) is 2.80. The van der Waals surface area contributed by atoms with Crippen molar-refractivity contribution in [3.05, 3.63) is 10.0 Å². The molecule has 0 bridgehead atoms. The summed E-state index contributed by atoms with van der Waals surface area (Å²) in [5.74, 6) is 0.445. The molecular weight excluding hydrogens is 248 g/mol.